The van der Waals surface area contributed by atoms with Crippen molar-refractivity contribution in [1.29, 1.82) is 0 Å². The Morgan fingerprint density at radius 3 is 2.65 bits per heavy atom. The molecule has 0 amide bonds. The third-order valence-corrected chi connectivity index (χ3v) is 3.82. The molecule has 0 spiro atoms. The maximum absolute atomic E-state index is 4.79. The van der Waals surface area contributed by atoms with Crippen LogP contribution in [0.3, 0.4) is 0 Å². The topological polar surface area (TPSA) is 39.7 Å². The molecule has 0 aromatic carbocycles. The average molecular weight is 394 g/mol. The van der Waals surface area contributed by atoms with Crippen LogP contribution in [0.25, 0.3) is 0 Å². The highest BCUT2D eigenvalue weighted by molar-refractivity contribution is 14.0. The van der Waals surface area contributed by atoms with Crippen molar-refractivity contribution in [3.05, 3.63) is 0 Å². The fourth-order valence-electron chi connectivity index (χ4n) is 2.75. The highest BCUT2D eigenvalue weighted by Gasteiger charge is 2.25. The van der Waals surface area contributed by atoms with Gasteiger partial charge in [-0.05, 0) is 45.1 Å². The Morgan fingerprint density at radius 1 is 1.30 bits per heavy atom. The zero-order valence-electron chi connectivity index (χ0n) is 13.2. The van der Waals surface area contributed by atoms with Gasteiger partial charge in [-0.1, -0.05) is 13.8 Å². The van der Waals surface area contributed by atoms with Crippen LogP contribution in [0.2, 0.25) is 0 Å². The first-order valence-electron chi connectivity index (χ1n) is 7.98. The quantitative estimate of drug-likeness (QED) is 0.413. The predicted octanol–water partition coefficient (Wildman–Crippen LogP) is 2.44. The van der Waals surface area contributed by atoms with Crippen molar-refractivity contribution in [2.45, 2.75) is 58.5 Å². The Balaban J connectivity index is 0.00000200. The van der Waals surface area contributed by atoms with Gasteiger partial charge in [-0.15, -0.1) is 24.0 Å². The van der Waals surface area contributed by atoms with Crippen LogP contribution in [0, 0.1) is 5.92 Å². The molecule has 118 valence electrons. The molecule has 0 aromatic rings. The minimum Gasteiger partial charge on any atom is -0.357 e. The fourth-order valence-corrected chi connectivity index (χ4v) is 2.75. The zero-order valence-corrected chi connectivity index (χ0v) is 15.5. The molecule has 20 heavy (non-hydrogen) atoms. The van der Waals surface area contributed by atoms with Gasteiger partial charge in [0.05, 0.1) is 6.54 Å². The van der Waals surface area contributed by atoms with Crippen LogP contribution >= 0.6 is 24.0 Å². The van der Waals surface area contributed by atoms with E-state index in [1.54, 1.807) is 0 Å². The molecule has 0 radical (unpaired) electrons. The number of halogens is 1. The summed E-state index contributed by atoms with van der Waals surface area (Å²) in [5, 5.41) is 6.85. The number of hydrogen-bond acceptors (Lipinski definition) is 2. The van der Waals surface area contributed by atoms with Crippen LogP contribution in [-0.4, -0.2) is 49.1 Å². The Morgan fingerprint density at radius 2 is 2.05 bits per heavy atom. The molecule has 1 heterocycles. The number of likely N-dealkylation sites (tertiary alicyclic amines) is 1. The average Bonchev–Trinajstić information content (AvgIpc) is 3.06. The largest absolute Gasteiger partial charge is 0.357 e. The van der Waals surface area contributed by atoms with Gasteiger partial charge in [-0.3, -0.25) is 9.89 Å². The molecule has 1 aliphatic heterocycles. The molecule has 2 N–H and O–H groups in total. The molecule has 1 atom stereocenters. The molecule has 2 aliphatic rings. The molecule has 1 saturated carbocycles. The summed E-state index contributed by atoms with van der Waals surface area (Å²) in [6.45, 7) is 11.1. The van der Waals surface area contributed by atoms with Gasteiger partial charge in [0.25, 0.3) is 0 Å². The van der Waals surface area contributed by atoms with E-state index in [0.29, 0.717) is 12.1 Å². The van der Waals surface area contributed by atoms with Crippen molar-refractivity contribution in [2.24, 2.45) is 10.9 Å². The Bertz CT molecular complexity index is 302. The number of nitrogens with one attached hydrogen (secondary N) is 2. The monoisotopic (exact) mass is 394 g/mol. The van der Waals surface area contributed by atoms with Crippen molar-refractivity contribution in [1.82, 2.24) is 15.5 Å². The molecule has 0 bridgehead atoms. The Hall–Kier alpha value is -0.0400. The summed E-state index contributed by atoms with van der Waals surface area (Å²) < 4.78 is 0. The zero-order chi connectivity index (χ0) is 13.7. The second kappa shape index (κ2) is 9.07. The van der Waals surface area contributed by atoms with E-state index in [-0.39, 0.29) is 24.0 Å². The summed E-state index contributed by atoms with van der Waals surface area (Å²) >= 11 is 0. The van der Waals surface area contributed by atoms with Crippen molar-refractivity contribution in [3.63, 3.8) is 0 Å². The highest BCUT2D eigenvalue weighted by Crippen LogP contribution is 2.20. The van der Waals surface area contributed by atoms with E-state index in [4.69, 9.17) is 4.99 Å². The third kappa shape index (κ3) is 6.16. The lowest BCUT2D eigenvalue weighted by molar-refractivity contribution is 0.231. The van der Waals surface area contributed by atoms with E-state index in [2.05, 4.69) is 36.3 Å². The van der Waals surface area contributed by atoms with Gasteiger partial charge in [0.1, 0.15) is 0 Å². The SMILES string of the molecule is CCNC(=NC[C@H]1CCCN1CC(C)C)NC1CC1.I. The van der Waals surface area contributed by atoms with Crippen molar-refractivity contribution < 1.29 is 0 Å². The first kappa shape index (κ1) is 18.0. The lowest BCUT2D eigenvalue weighted by Gasteiger charge is -2.25. The fraction of sp³-hybridized carbons (Fsp3) is 0.933. The highest BCUT2D eigenvalue weighted by atomic mass is 127. The van der Waals surface area contributed by atoms with E-state index in [0.717, 1.165) is 25.0 Å². The molecule has 1 saturated heterocycles. The summed E-state index contributed by atoms with van der Waals surface area (Å²) in [5.41, 5.74) is 0. The number of aliphatic imine (C=N–C) groups is 1. The van der Waals surface area contributed by atoms with Crippen LogP contribution < -0.4 is 10.6 Å². The maximum atomic E-state index is 4.79. The van der Waals surface area contributed by atoms with Gasteiger partial charge in [0, 0.05) is 25.2 Å². The number of guanidine groups is 1. The predicted molar refractivity (Wildman–Crippen MR) is 97.0 cm³/mol. The van der Waals surface area contributed by atoms with E-state index in [1.807, 2.05) is 0 Å². The molecule has 1 aliphatic carbocycles. The second-order valence-corrected chi connectivity index (χ2v) is 6.32. The minimum absolute atomic E-state index is 0. The van der Waals surface area contributed by atoms with Gasteiger partial charge in [0.2, 0.25) is 0 Å². The van der Waals surface area contributed by atoms with Crippen molar-refractivity contribution in [3.8, 4) is 0 Å². The van der Waals surface area contributed by atoms with Crippen LogP contribution in [0.4, 0.5) is 0 Å². The molecule has 2 fully saturated rings. The Labute approximate surface area is 141 Å². The van der Waals surface area contributed by atoms with E-state index < -0.39 is 0 Å². The van der Waals surface area contributed by atoms with Gasteiger partial charge in [-0.2, -0.15) is 0 Å². The minimum atomic E-state index is 0. The molecular formula is C15H31IN4. The summed E-state index contributed by atoms with van der Waals surface area (Å²) in [4.78, 5) is 7.41. The second-order valence-electron chi connectivity index (χ2n) is 6.32. The van der Waals surface area contributed by atoms with Crippen LogP contribution in [0.5, 0.6) is 0 Å². The number of nitrogens with zero attached hydrogens (tertiary/aromatic N) is 2. The summed E-state index contributed by atoms with van der Waals surface area (Å²) in [5.74, 6) is 1.77. The first-order valence-corrected chi connectivity index (χ1v) is 7.98. The summed E-state index contributed by atoms with van der Waals surface area (Å²) in [7, 11) is 0. The number of rotatable bonds is 6. The van der Waals surface area contributed by atoms with Crippen molar-refractivity contribution in [2.75, 3.05) is 26.2 Å². The maximum Gasteiger partial charge on any atom is 0.191 e. The molecule has 5 heteroatoms. The van der Waals surface area contributed by atoms with Gasteiger partial charge >= 0.3 is 0 Å². The normalized spacial score (nSPS) is 23.8. The van der Waals surface area contributed by atoms with E-state index in [1.165, 1.54) is 38.8 Å². The molecule has 2 rings (SSSR count). The van der Waals surface area contributed by atoms with E-state index >= 15 is 0 Å². The first-order chi connectivity index (χ1) is 9.19. The molecular weight excluding hydrogens is 363 g/mol. The van der Waals surface area contributed by atoms with Crippen LogP contribution in [-0.2, 0) is 0 Å². The summed E-state index contributed by atoms with van der Waals surface area (Å²) in [6, 6.07) is 1.32. The lowest BCUT2D eigenvalue weighted by atomic mass is 10.2. The molecule has 0 unspecified atom stereocenters. The smallest absolute Gasteiger partial charge is 0.191 e. The van der Waals surface area contributed by atoms with Crippen LogP contribution in [0.1, 0.15) is 46.5 Å². The van der Waals surface area contributed by atoms with E-state index in [9.17, 15) is 0 Å². The lowest BCUT2D eigenvalue weighted by Crippen LogP contribution is -2.40. The number of hydrogen-bond donors (Lipinski definition) is 2. The standard InChI is InChI=1S/C15H30N4.HI/c1-4-16-15(18-13-7-8-13)17-10-14-6-5-9-19(14)11-12(2)3;/h12-14H,4-11H2,1-3H3,(H2,16,17,18);1H/t14-;/m1./s1. The van der Waals surface area contributed by atoms with Gasteiger partial charge in [-0.25, -0.2) is 0 Å². The van der Waals surface area contributed by atoms with Gasteiger partial charge in [0.15, 0.2) is 5.96 Å². The van der Waals surface area contributed by atoms with Crippen molar-refractivity contribution >= 4 is 29.9 Å². The molecule has 0 aromatic heterocycles. The van der Waals surface area contributed by atoms with Gasteiger partial charge < -0.3 is 10.6 Å². The van der Waals surface area contributed by atoms with Crippen LogP contribution in [0.15, 0.2) is 4.99 Å². The Kier molecular flexibility index (Phi) is 8.17. The third-order valence-electron chi connectivity index (χ3n) is 3.82. The molecule has 4 nitrogen and oxygen atoms in total. The summed E-state index contributed by atoms with van der Waals surface area (Å²) in [6.07, 6.45) is 5.24.